The van der Waals surface area contributed by atoms with E-state index in [0.717, 1.165) is 31.5 Å². The van der Waals surface area contributed by atoms with E-state index in [2.05, 4.69) is 16.9 Å². The molecule has 4 heteroatoms. The van der Waals surface area contributed by atoms with Gasteiger partial charge in [-0.15, -0.1) is 0 Å². The average Bonchev–Trinajstić information content (AvgIpc) is 2.56. The molecule has 122 valence electrons. The molecule has 1 fully saturated rings. The van der Waals surface area contributed by atoms with Crippen molar-refractivity contribution in [3.05, 3.63) is 47.2 Å². The minimum atomic E-state index is -0.000666. The second-order valence-electron chi connectivity index (χ2n) is 6.61. The largest absolute Gasteiger partial charge is 0.511 e. The van der Waals surface area contributed by atoms with Gasteiger partial charge in [0.15, 0.2) is 5.78 Å². The van der Waals surface area contributed by atoms with Crippen LogP contribution in [0.15, 0.2) is 46.7 Å². The minimum absolute atomic E-state index is 0.000666. The zero-order chi connectivity index (χ0) is 16.2. The van der Waals surface area contributed by atoms with Crippen LogP contribution < -0.4 is 0 Å². The fraction of sp³-hybridized carbons (Fsp3) is 0.474. The monoisotopic (exact) mass is 312 g/mol. The predicted molar refractivity (Wildman–Crippen MR) is 92.1 cm³/mol. The molecule has 1 aliphatic heterocycles. The Bertz CT molecular complexity index is 614. The van der Waals surface area contributed by atoms with Crippen LogP contribution in [0.1, 0.15) is 37.2 Å². The van der Waals surface area contributed by atoms with Crippen molar-refractivity contribution < 1.29 is 9.90 Å². The molecule has 1 unspecified atom stereocenters. The van der Waals surface area contributed by atoms with Crippen LogP contribution in [0, 0.1) is 0 Å². The highest BCUT2D eigenvalue weighted by Crippen LogP contribution is 2.33. The maximum Gasteiger partial charge on any atom is 0.168 e. The highest BCUT2D eigenvalue weighted by molar-refractivity contribution is 6.14. The summed E-state index contributed by atoms with van der Waals surface area (Å²) in [5.41, 5.74) is 1.52. The van der Waals surface area contributed by atoms with E-state index >= 15 is 0 Å². The normalized spacial score (nSPS) is 24.6. The third-order valence-corrected chi connectivity index (χ3v) is 4.86. The predicted octanol–water partition coefficient (Wildman–Crippen LogP) is 3.11. The van der Waals surface area contributed by atoms with E-state index < -0.39 is 0 Å². The molecule has 1 atom stereocenters. The van der Waals surface area contributed by atoms with Gasteiger partial charge in [0.2, 0.25) is 0 Å². The number of nitrogens with zero attached hydrogens (tertiary/aromatic N) is 2. The Kier molecular flexibility index (Phi) is 4.91. The van der Waals surface area contributed by atoms with Crippen LogP contribution in [0.3, 0.4) is 0 Å². The van der Waals surface area contributed by atoms with Crippen molar-refractivity contribution in [2.24, 2.45) is 4.99 Å². The molecule has 1 aliphatic carbocycles. The van der Waals surface area contributed by atoms with E-state index in [1.165, 1.54) is 0 Å². The van der Waals surface area contributed by atoms with Crippen molar-refractivity contribution in [2.45, 2.75) is 37.6 Å². The number of hydrogen-bond acceptors (Lipinski definition) is 4. The van der Waals surface area contributed by atoms with E-state index in [4.69, 9.17) is 0 Å². The smallest absolute Gasteiger partial charge is 0.168 e. The maximum atomic E-state index is 12.4. The molecule has 0 bridgehead atoms. The molecule has 0 spiro atoms. The molecular weight excluding hydrogens is 288 g/mol. The molecule has 2 aliphatic rings. The molecule has 1 aromatic rings. The number of carbonyl (C=O) groups excluding carboxylic acids is 1. The Hall–Kier alpha value is -1.94. The summed E-state index contributed by atoms with van der Waals surface area (Å²) in [6.45, 7) is 2.08. The summed E-state index contributed by atoms with van der Waals surface area (Å²) in [7, 11) is 2.11. The van der Waals surface area contributed by atoms with Crippen LogP contribution in [0.25, 0.3) is 0 Å². The maximum absolute atomic E-state index is 12.4. The highest BCUT2D eigenvalue weighted by Gasteiger charge is 2.28. The highest BCUT2D eigenvalue weighted by atomic mass is 16.3. The number of allylic oxidation sites excluding steroid dienone is 2. The molecule has 3 rings (SSSR count). The van der Waals surface area contributed by atoms with E-state index in [1.54, 1.807) is 6.21 Å². The first kappa shape index (κ1) is 15.9. The van der Waals surface area contributed by atoms with Crippen LogP contribution in [0.2, 0.25) is 0 Å². The number of aliphatic hydroxyl groups is 1. The van der Waals surface area contributed by atoms with Gasteiger partial charge in [0, 0.05) is 19.1 Å². The van der Waals surface area contributed by atoms with Crippen molar-refractivity contribution >= 4 is 12.0 Å². The van der Waals surface area contributed by atoms with Crippen LogP contribution >= 0.6 is 0 Å². The zero-order valence-corrected chi connectivity index (χ0v) is 13.6. The van der Waals surface area contributed by atoms with Crippen LogP contribution in [0.5, 0.6) is 0 Å². The summed E-state index contributed by atoms with van der Waals surface area (Å²) in [4.78, 5) is 19.2. The average molecular weight is 312 g/mol. The van der Waals surface area contributed by atoms with Crippen molar-refractivity contribution in [3.8, 4) is 0 Å². The molecule has 1 aromatic carbocycles. The first-order chi connectivity index (χ1) is 11.1. The molecular formula is C19H24N2O2. The number of piperidine rings is 1. The molecule has 1 heterocycles. The Morgan fingerprint density at radius 1 is 1.17 bits per heavy atom. The van der Waals surface area contributed by atoms with Gasteiger partial charge < -0.3 is 10.0 Å². The molecule has 23 heavy (non-hydrogen) atoms. The number of hydrogen-bond donors (Lipinski definition) is 1. The van der Waals surface area contributed by atoms with Gasteiger partial charge >= 0.3 is 0 Å². The summed E-state index contributed by atoms with van der Waals surface area (Å²) >= 11 is 0. The van der Waals surface area contributed by atoms with Crippen molar-refractivity contribution in [2.75, 3.05) is 20.1 Å². The number of aliphatic hydroxyl groups excluding tert-OH is 1. The lowest BCUT2D eigenvalue weighted by Gasteiger charge is -2.27. The lowest BCUT2D eigenvalue weighted by molar-refractivity contribution is -0.116. The quantitative estimate of drug-likeness (QED) is 0.873. The number of benzene rings is 1. The van der Waals surface area contributed by atoms with Gasteiger partial charge in [0.1, 0.15) is 5.76 Å². The van der Waals surface area contributed by atoms with Gasteiger partial charge in [0.05, 0.1) is 11.6 Å². The second kappa shape index (κ2) is 7.09. The van der Waals surface area contributed by atoms with Crippen molar-refractivity contribution in [3.63, 3.8) is 0 Å². The van der Waals surface area contributed by atoms with Crippen LogP contribution in [-0.2, 0) is 4.79 Å². The molecule has 0 aromatic heterocycles. The van der Waals surface area contributed by atoms with Crippen LogP contribution in [-0.4, -0.2) is 48.2 Å². The number of rotatable bonds is 3. The zero-order valence-electron chi connectivity index (χ0n) is 13.6. The lowest BCUT2D eigenvalue weighted by atomic mass is 9.83. The fourth-order valence-electron chi connectivity index (χ4n) is 3.34. The Balaban J connectivity index is 1.69. The first-order valence-electron chi connectivity index (χ1n) is 8.35. The SMILES string of the molecule is CN1CCC(N=CC2=C(O)CC(c3ccccc3)CC2=O)CC1. The molecule has 0 saturated carbocycles. The summed E-state index contributed by atoms with van der Waals surface area (Å²) in [5.74, 6) is 0.259. The Morgan fingerprint density at radius 3 is 2.52 bits per heavy atom. The van der Waals surface area contributed by atoms with Crippen molar-refractivity contribution in [1.29, 1.82) is 0 Å². The number of aliphatic imine (C=N–C) groups is 1. The van der Waals surface area contributed by atoms with Gasteiger partial charge in [-0.05, 0) is 44.5 Å². The topological polar surface area (TPSA) is 52.9 Å². The third-order valence-electron chi connectivity index (χ3n) is 4.86. The number of ketones is 1. The standard InChI is InChI=1S/C19H24N2O2/c1-21-9-7-16(8-10-21)20-13-17-18(22)11-15(12-19(17)23)14-5-3-2-4-6-14/h2-6,13,15-16,22H,7-12H2,1H3. The van der Waals surface area contributed by atoms with Gasteiger partial charge in [-0.1, -0.05) is 30.3 Å². The summed E-state index contributed by atoms with van der Waals surface area (Å²) in [5, 5.41) is 10.3. The molecule has 0 amide bonds. The van der Waals surface area contributed by atoms with E-state index in [-0.39, 0.29) is 23.5 Å². The molecule has 4 nitrogen and oxygen atoms in total. The summed E-state index contributed by atoms with van der Waals surface area (Å²) in [6.07, 6.45) is 4.62. The number of Topliss-reactive ketones (excluding diaryl/α,β-unsaturated/α-hetero) is 1. The van der Waals surface area contributed by atoms with Crippen LogP contribution in [0.4, 0.5) is 0 Å². The Labute approximate surface area is 137 Å². The summed E-state index contributed by atoms with van der Waals surface area (Å²) < 4.78 is 0. The van der Waals surface area contributed by atoms with Gasteiger partial charge in [-0.3, -0.25) is 9.79 Å². The van der Waals surface area contributed by atoms with E-state index in [0.29, 0.717) is 18.4 Å². The fourth-order valence-corrected chi connectivity index (χ4v) is 3.34. The van der Waals surface area contributed by atoms with E-state index in [1.807, 2.05) is 30.3 Å². The van der Waals surface area contributed by atoms with Gasteiger partial charge in [-0.25, -0.2) is 0 Å². The van der Waals surface area contributed by atoms with Crippen molar-refractivity contribution in [1.82, 2.24) is 4.90 Å². The lowest BCUT2D eigenvalue weighted by Crippen LogP contribution is -2.32. The number of likely N-dealkylation sites (tertiary alicyclic amines) is 1. The first-order valence-corrected chi connectivity index (χ1v) is 8.35. The number of carbonyl (C=O) groups is 1. The molecule has 0 radical (unpaired) electrons. The summed E-state index contributed by atoms with van der Waals surface area (Å²) in [6, 6.07) is 10.2. The Morgan fingerprint density at radius 2 is 1.87 bits per heavy atom. The van der Waals surface area contributed by atoms with Gasteiger partial charge in [0.25, 0.3) is 0 Å². The third kappa shape index (κ3) is 3.88. The van der Waals surface area contributed by atoms with E-state index in [9.17, 15) is 9.90 Å². The minimum Gasteiger partial charge on any atom is -0.511 e. The second-order valence-corrected chi connectivity index (χ2v) is 6.61. The van der Waals surface area contributed by atoms with Gasteiger partial charge in [-0.2, -0.15) is 0 Å². The molecule has 1 saturated heterocycles. The molecule has 1 N–H and O–H groups in total.